The summed E-state index contributed by atoms with van der Waals surface area (Å²) in [4.78, 5) is 36.2. The van der Waals surface area contributed by atoms with Crippen molar-refractivity contribution in [3.63, 3.8) is 0 Å². The van der Waals surface area contributed by atoms with Gasteiger partial charge in [-0.1, -0.05) is 42.5 Å². The van der Waals surface area contributed by atoms with Crippen LogP contribution in [0.2, 0.25) is 0 Å². The fraction of sp³-hybridized carbons (Fsp3) is 0.0952. The molecular weight excluding hydrogens is 395 g/mol. The van der Waals surface area contributed by atoms with Gasteiger partial charge >= 0.3 is 5.97 Å². The van der Waals surface area contributed by atoms with E-state index >= 15 is 0 Å². The second-order valence-electron chi connectivity index (χ2n) is 5.94. The highest BCUT2D eigenvalue weighted by Crippen LogP contribution is 2.23. The molecule has 0 saturated carbocycles. The normalized spacial score (nSPS) is 10.4. The van der Waals surface area contributed by atoms with Crippen LogP contribution >= 0.6 is 11.8 Å². The zero-order chi connectivity index (χ0) is 20.6. The molecule has 148 valence electrons. The molecule has 0 saturated heterocycles. The second kappa shape index (κ2) is 9.70. The van der Waals surface area contributed by atoms with Crippen LogP contribution < -0.4 is 10.9 Å². The summed E-state index contributed by atoms with van der Waals surface area (Å²) < 4.78 is 18.4. The molecule has 8 heteroatoms. The molecule has 0 unspecified atom stereocenters. The smallest absolute Gasteiger partial charge is 0.316 e. The van der Waals surface area contributed by atoms with Gasteiger partial charge in [-0.25, -0.2) is 4.39 Å². The Hall–Kier alpha value is -3.39. The number of thioether (sulfide) groups is 1. The standard InChI is InChI=1S/C21H17FN2O4S/c22-18-8-4-3-7-17(18)21(27)24-23-19(25)12-28-20(26)13-29-16-10-9-14-5-1-2-6-15(14)11-16/h1-11H,12-13H2,(H,23,25)(H,24,27). The van der Waals surface area contributed by atoms with E-state index in [1.807, 2.05) is 42.5 Å². The van der Waals surface area contributed by atoms with Crippen molar-refractivity contribution in [2.75, 3.05) is 12.4 Å². The number of benzene rings is 3. The minimum absolute atomic E-state index is 0.0349. The van der Waals surface area contributed by atoms with Crippen molar-refractivity contribution in [1.82, 2.24) is 10.9 Å². The molecule has 0 bridgehead atoms. The maximum absolute atomic E-state index is 13.5. The first kappa shape index (κ1) is 20.3. The number of nitrogens with one attached hydrogen (secondary N) is 2. The lowest BCUT2D eigenvalue weighted by Gasteiger charge is -2.08. The Labute approximate surface area is 170 Å². The van der Waals surface area contributed by atoms with Crippen LogP contribution in [0.3, 0.4) is 0 Å². The van der Waals surface area contributed by atoms with Gasteiger partial charge in [0.25, 0.3) is 11.8 Å². The van der Waals surface area contributed by atoms with Crippen LogP contribution in [-0.4, -0.2) is 30.1 Å². The van der Waals surface area contributed by atoms with Gasteiger partial charge in [-0.2, -0.15) is 0 Å². The van der Waals surface area contributed by atoms with Gasteiger partial charge in [-0.05, 0) is 35.0 Å². The maximum atomic E-state index is 13.5. The summed E-state index contributed by atoms with van der Waals surface area (Å²) in [6.45, 7) is -0.561. The highest BCUT2D eigenvalue weighted by atomic mass is 32.2. The zero-order valence-corrected chi connectivity index (χ0v) is 16.0. The van der Waals surface area contributed by atoms with Crippen molar-refractivity contribution in [3.05, 3.63) is 78.1 Å². The summed E-state index contributed by atoms with van der Waals surface area (Å²) >= 11 is 1.29. The second-order valence-corrected chi connectivity index (χ2v) is 6.99. The minimum atomic E-state index is -0.811. The number of ether oxygens (including phenoxy) is 1. The quantitative estimate of drug-likeness (QED) is 0.369. The molecule has 0 aromatic heterocycles. The lowest BCUT2D eigenvalue weighted by molar-refractivity contribution is -0.146. The number of amides is 2. The van der Waals surface area contributed by atoms with Gasteiger partial charge < -0.3 is 4.74 Å². The third kappa shape index (κ3) is 5.79. The summed E-state index contributed by atoms with van der Waals surface area (Å²) in [6, 6.07) is 19.1. The molecule has 0 heterocycles. The van der Waals surface area contributed by atoms with Gasteiger partial charge in [0.05, 0.1) is 11.3 Å². The molecule has 2 N–H and O–H groups in total. The molecule has 3 aromatic rings. The molecule has 0 aliphatic carbocycles. The Bertz CT molecular complexity index is 1060. The van der Waals surface area contributed by atoms with Crippen LogP contribution in [0.5, 0.6) is 0 Å². The summed E-state index contributed by atoms with van der Waals surface area (Å²) in [5.41, 5.74) is 3.92. The first-order valence-electron chi connectivity index (χ1n) is 8.64. The van der Waals surface area contributed by atoms with E-state index < -0.39 is 30.2 Å². The summed E-state index contributed by atoms with van der Waals surface area (Å²) in [5, 5.41) is 2.17. The van der Waals surface area contributed by atoms with E-state index in [-0.39, 0.29) is 11.3 Å². The first-order chi connectivity index (χ1) is 14.0. The van der Waals surface area contributed by atoms with E-state index in [4.69, 9.17) is 4.74 Å². The van der Waals surface area contributed by atoms with Gasteiger partial charge in [0.1, 0.15) is 5.82 Å². The largest absolute Gasteiger partial charge is 0.455 e. The van der Waals surface area contributed by atoms with Crippen molar-refractivity contribution >= 4 is 40.3 Å². The Kier molecular flexibility index (Phi) is 6.80. The number of hydrogen-bond donors (Lipinski definition) is 2. The molecule has 3 rings (SSSR count). The van der Waals surface area contributed by atoms with E-state index in [1.54, 1.807) is 0 Å². The highest BCUT2D eigenvalue weighted by molar-refractivity contribution is 8.00. The third-order valence-corrected chi connectivity index (χ3v) is 4.84. The lowest BCUT2D eigenvalue weighted by atomic mass is 10.1. The van der Waals surface area contributed by atoms with Gasteiger partial charge in [-0.15, -0.1) is 11.8 Å². The zero-order valence-electron chi connectivity index (χ0n) is 15.2. The molecule has 29 heavy (non-hydrogen) atoms. The van der Waals surface area contributed by atoms with Gasteiger partial charge in [0, 0.05) is 4.90 Å². The Morgan fingerprint density at radius 3 is 2.41 bits per heavy atom. The Balaban J connectivity index is 1.40. The Morgan fingerprint density at radius 1 is 0.897 bits per heavy atom. The monoisotopic (exact) mass is 412 g/mol. The summed E-state index contributed by atoms with van der Waals surface area (Å²) in [6.07, 6.45) is 0. The molecule has 0 spiro atoms. The fourth-order valence-corrected chi connectivity index (χ4v) is 3.20. The average molecular weight is 412 g/mol. The van der Waals surface area contributed by atoms with E-state index in [0.717, 1.165) is 21.7 Å². The van der Waals surface area contributed by atoms with Crippen LogP contribution in [0.25, 0.3) is 10.8 Å². The SMILES string of the molecule is O=C(COC(=O)CSc1ccc2ccccc2c1)NNC(=O)c1ccccc1F. The predicted octanol–water partition coefficient (Wildman–Crippen LogP) is 3.08. The molecule has 0 aliphatic heterocycles. The molecule has 0 atom stereocenters. The van der Waals surface area contributed by atoms with Crippen LogP contribution in [0.15, 0.2) is 71.6 Å². The van der Waals surface area contributed by atoms with Crippen LogP contribution in [0, 0.1) is 5.82 Å². The van der Waals surface area contributed by atoms with Gasteiger partial charge in [-0.3, -0.25) is 25.2 Å². The molecule has 3 aromatic carbocycles. The minimum Gasteiger partial charge on any atom is -0.455 e. The molecule has 0 aliphatic rings. The number of fused-ring (bicyclic) bond motifs is 1. The summed E-state index contributed by atoms with van der Waals surface area (Å²) in [5.74, 6) is -2.80. The van der Waals surface area contributed by atoms with Crippen molar-refractivity contribution in [2.24, 2.45) is 0 Å². The first-order valence-corrected chi connectivity index (χ1v) is 9.62. The maximum Gasteiger partial charge on any atom is 0.316 e. The number of esters is 1. The molecule has 2 amide bonds. The third-order valence-electron chi connectivity index (χ3n) is 3.88. The number of carbonyl (C=O) groups is 3. The lowest BCUT2D eigenvalue weighted by Crippen LogP contribution is -2.43. The van der Waals surface area contributed by atoms with Crippen molar-refractivity contribution in [3.8, 4) is 0 Å². The molecule has 6 nitrogen and oxygen atoms in total. The van der Waals surface area contributed by atoms with Crippen LogP contribution in [0.4, 0.5) is 4.39 Å². The van der Waals surface area contributed by atoms with Crippen molar-refractivity contribution < 1.29 is 23.5 Å². The van der Waals surface area contributed by atoms with E-state index in [0.29, 0.717) is 0 Å². The predicted molar refractivity (Wildman–Crippen MR) is 108 cm³/mol. The topological polar surface area (TPSA) is 84.5 Å². The van der Waals surface area contributed by atoms with Crippen molar-refractivity contribution in [2.45, 2.75) is 4.90 Å². The summed E-state index contributed by atoms with van der Waals surface area (Å²) in [7, 11) is 0. The number of rotatable bonds is 6. The molecule has 0 radical (unpaired) electrons. The fourth-order valence-electron chi connectivity index (χ4n) is 2.46. The number of hydrogen-bond acceptors (Lipinski definition) is 5. The number of halogens is 1. The number of hydrazine groups is 1. The van der Waals surface area contributed by atoms with E-state index in [2.05, 4.69) is 10.9 Å². The highest BCUT2D eigenvalue weighted by Gasteiger charge is 2.13. The van der Waals surface area contributed by atoms with Crippen LogP contribution in [0.1, 0.15) is 10.4 Å². The Morgan fingerprint density at radius 2 is 1.62 bits per heavy atom. The molecular formula is C21H17FN2O4S. The van der Waals surface area contributed by atoms with Crippen LogP contribution in [-0.2, 0) is 14.3 Å². The van der Waals surface area contributed by atoms with E-state index in [9.17, 15) is 18.8 Å². The van der Waals surface area contributed by atoms with E-state index in [1.165, 1.54) is 30.0 Å². The molecule has 0 fully saturated rings. The van der Waals surface area contributed by atoms with Crippen molar-refractivity contribution in [1.29, 1.82) is 0 Å². The van der Waals surface area contributed by atoms with Gasteiger partial charge in [0.15, 0.2) is 6.61 Å². The number of carbonyl (C=O) groups excluding carboxylic acids is 3. The van der Waals surface area contributed by atoms with Gasteiger partial charge in [0.2, 0.25) is 0 Å². The average Bonchev–Trinajstić information content (AvgIpc) is 2.74.